The number of esters is 1. The Kier molecular flexibility index (Phi) is 6.83. The van der Waals surface area contributed by atoms with Crippen molar-refractivity contribution >= 4 is 11.7 Å². The summed E-state index contributed by atoms with van der Waals surface area (Å²) in [5.41, 5.74) is 7.33. The van der Waals surface area contributed by atoms with Crippen molar-refractivity contribution in [2.24, 2.45) is 0 Å². The van der Waals surface area contributed by atoms with Crippen LogP contribution in [-0.4, -0.2) is 37.5 Å². The number of nitrogen functional groups attached to an aromatic ring is 1. The second-order valence-electron chi connectivity index (χ2n) is 3.80. The standard InChI is InChI=1S/C13H19NO4/c14-12-4-1-11(2-5-12)3-6-13(16)18-10-9-17-8-7-15/h1-2,4-5,15H,3,6-10,14H2. The molecule has 0 unspecified atom stereocenters. The van der Waals surface area contributed by atoms with Gasteiger partial charge in [0.1, 0.15) is 6.61 Å². The molecule has 1 rings (SSSR count). The maximum absolute atomic E-state index is 11.4. The molecule has 0 amide bonds. The van der Waals surface area contributed by atoms with E-state index in [1.54, 1.807) is 0 Å². The van der Waals surface area contributed by atoms with Crippen LogP contribution in [0.5, 0.6) is 0 Å². The Morgan fingerprint density at radius 2 is 1.89 bits per heavy atom. The molecule has 0 saturated heterocycles. The van der Waals surface area contributed by atoms with Crippen LogP contribution in [0.25, 0.3) is 0 Å². The number of aliphatic hydroxyl groups is 1. The highest BCUT2D eigenvalue weighted by molar-refractivity contribution is 5.69. The number of nitrogens with two attached hydrogens (primary N) is 1. The molecule has 0 aromatic heterocycles. The lowest BCUT2D eigenvalue weighted by Crippen LogP contribution is -2.12. The Morgan fingerprint density at radius 1 is 1.17 bits per heavy atom. The number of rotatable bonds is 8. The summed E-state index contributed by atoms with van der Waals surface area (Å²) >= 11 is 0. The Balaban J connectivity index is 2.11. The van der Waals surface area contributed by atoms with E-state index in [1.807, 2.05) is 24.3 Å². The number of carbonyl (C=O) groups is 1. The molecule has 5 nitrogen and oxygen atoms in total. The van der Waals surface area contributed by atoms with E-state index < -0.39 is 0 Å². The van der Waals surface area contributed by atoms with Crippen LogP contribution in [0.15, 0.2) is 24.3 Å². The first-order valence-corrected chi connectivity index (χ1v) is 5.91. The molecule has 0 bridgehead atoms. The monoisotopic (exact) mass is 253 g/mol. The Labute approximate surface area is 107 Å². The number of hydrogen-bond donors (Lipinski definition) is 2. The van der Waals surface area contributed by atoms with Crippen LogP contribution in [0.4, 0.5) is 5.69 Å². The smallest absolute Gasteiger partial charge is 0.306 e. The van der Waals surface area contributed by atoms with Gasteiger partial charge in [0.05, 0.1) is 19.8 Å². The first kappa shape index (κ1) is 14.5. The summed E-state index contributed by atoms with van der Waals surface area (Å²) in [6.45, 7) is 0.781. The molecular formula is C13H19NO4. The molecule has 3 N–H and O–H groups in total. The summed E-state index contributed by atoms with van der Waals surface area (Å²) in [5.74, 6) is -0.251. The van der Waals surface area contributed by atoms with Crippen molar-refractivity contribution in [2.75, 3.05) is 32.2 Å². The summed E-state index contributed by atoms with van der Waals surface area (Å²) in [6, 6.07) is 7.41. The summed E-state index contributed by atoms with van der Waals surface area (Å²) in [7, 11) is 0. The maximum Gasteiger partial charge on any atom is 0.306 e. The quantitative estimate of drug-likeness (QED) is 0.406. The molecule has 0 heterocycles. The fourth-order valence-electron chi connectivity index (χ4n) is 1.38. The van der Waals surface area contributed by atoms with Crippen LogP contribution in [-0.2, 0) is 20.7 Å². The highest BCUT2D eigenvalue weighted by Crippen LogP contribution is 2.07. The van der Waals surface area contributed by atoms with Gasteiger partial charge in [-0.05, 0) is 24.1 Å². The second kappa shape index (κ2) is 8.49. The Bertz CT molecular complexity index is 351. The van der Waals surface area contributed by atoms with Gasteiger partial charge in [0.15, 0.2) is 0 Å². The van der Waals surface area contributed by atoms with E-state index >= 15 is 0 Å². The minimum atomic E-state index is -0.251. The van der Waals surface area contributed by atoms with Gasteiger partial charge in [-0.2, -0.15) is 0 Å². The molecule has 100 valence electrons. The fraction of sp³-hybridized carbons (Fsp3) is 0.462. The van der Waals surface area contributed by atoms with Crippen LogP contribution in [0.3, 0.4) is 0 Å². The number of aryl methyl sites for hydroxylation is 1. The van der Waals surface area contributed by atoms with E-state index in [4.69, 9.17) is 20.3 Å². The molecule has 0 atom stereocenters. The third-order valence-corrected chi connectivity index (χ3v) is 2.32. The second-order valence-corrected chi connectivity index (χ2v) is 3.80. The number of aliphatic hydroxyl groups excluding tert-OH is 1. The van der Waals surface area contributed by atoms with E-state index in [0.717, 1.165) is 5.56 Å². The van der Waals surface area contributed by atoms with Gasteiger partial charge in [0.25, 0.3) is 0 Å². The fourth-order valence-corrected chi connectivity index (χ4v) is 1.38. The van der Waals surface area contributed by atoms with E-state index in [1.165, 1.54) is 0 Å². The van der Waals surface area contributed by atoms with Crippen LogP contribution in [0.1, 0.15) is 12.0 Å². The lowest BCUT2D eigenvalue weighted by molar-refractivity contribution is -0.145. The number of benzene rings is 1. The molecule has 18 heavy (non-hydrogen) atoms. The number of anilines is 1. The van der Waals surface area contributed by atoms with Crippen molar-refractivity contribution in [3.8, 4) is 0 Å². The van der Waals surface area contributed by atoms with E-state index in [0.29, 0.717) is 25.1 Å². The summed E-state index contributed by atoms with van der Waals surface area (Å²) < 4.78 is 9.93. The molecule has 0 aliphatic carbocycles. The zero-order valence-electron chi connectivity index (χ0n) is 10.3. The Hall–Kier alpha value is -1.59. The van der Waals surface area contributed by atoms with Gasteiger partial charge in [0.2, 0.25) is 0 Å². The van der Waals surface area contributed by atoms with Crippen molar-refractivity contribution in [1.29, 1.82) is 0 Å². The van der Waals surface area contributed by atoms with Crippen molar-refractivity contribution in [1.82, 2.24) is 0 Å². The van der Waals surface area contributed by atoms with Gasteiger partial charge < -0.3 is 20.3 Å². The van der Waals surface area contributed by atoms with Crippen molar-refractivity contribution in [3.63, 3.8) is 0 Å². The third-order valence-electron chi connectivity index (χ3n) is 2.32. The lowest BCUT2D eigenvalue weighted by Gasteiger charge is -2.05. The molecular weight excluding hydrogens is 234 g/mol. The third kappa shape index (κ3) is 6.22. The van der Waals surface area contributed by atoms with Gasteiger partial charge >= 0.3 is 5.97 Å². The topological polar surface area (TPSA) is 81.8 Å². The molecule has 0 aliphatic rings. The SMILES string of the molecule is Nc1ccc(CCC(=O)OCCOCCO)cc1. The zero-order chi connectivity index (χ0) is 13.2. The minimum Gasteiger partial charge on any atom is -0.463 e. The van der Waals surface area contributed by atoms with Crippen LogP contribution >= 0.6 is 0 Å². The average Bonchev–Trinajstić information content (AvgIpc) is 2.38. The lowest BCUT2D eigenvalue weighted by atomic mass is 10.1. The maximum atomic E-state index is 11.4. The van der Waals surface area contributed by atoms with Crippen molar-refractivity contribution in [3.05, 3.63) is 29.8 Å². The molecule has 0 aliphatic heterocycles. The number of ether oxygens (including phenoxy) is 2. The normalized spacial score (nSPS) is 10.3. The molecule has 1 aromatic rings. The molecule has 5 heteroatoms. The molecule has 0 saturated carbocycles. The van der Waals surface area contributed by atoms with E-state index in [2.05, 4.69) is 0 Å². The molecule has 0 radical (unpaired) electrons. The summed E-state index contributed by atoms with van der Waals surface area (Å²) in [6.07, 6.45) is 0.973. The van der Waals surface area contributed by atoms with Crippen LogP contribution < -0.4 is 5.73 Å². The first-order chi connectivity index (χ1) is 8.72. The first-order valence-electron chi connectivity index (χ1n) is 5.91. The summed E-state index contributed by atoms with van der Waals surface area (Å²) in [4.78, 5) is 11.4. The van der Waals surface area contributed by atoms with Crippen molar-refractivity contribution < 1.29 is 19.4 Å². The largest absolute Gasteiger partial charge is 0.463 e. The van der Waals surface area contributed by atoms with E-state index in [-0.39, 0.29) is 25.8 Å². The van der Waals surface area contributed by atoms with Crippen molar-refractivity contribution in [2.45, 2.75) is 12.8 Å². The van der Waals surface area contributed by atoms with Gasteiger partial charge in [-0.1, -0.05) is 12.1 Å². The number of carbonyl (C=O) groups excluding carboxylic acids is 1. The summed E-state index contributed by atoms with van der Waals surface area (Å²) in [5, 5.41) is 8.46. The highest BCUT2D eigenvalue weighted by atomic mass is 16.6. The molecule has 1 aromatic carbocycles. The number of hydrogen-bond acceptors (Lipinski definition) is 5. The predicted octanol–water partition coefficient (Wildman–Crippen LogP) is 0.753. The van der Waals surface area contributed by atoms with Crippen LogP contribution in [0.2, 0.25) is 0 Å². The van der Waals surface area contributed by atoms with Gasteiger partial charge in [-0.15, -0.1) is 0 Å². The van der Waals surface area contributed by atoms with Gasteiger partial charge in [0, 0.05) is 12.1 Å². The average molecular weight is 253 g/mol. The molecule has 0 fully saturated rings. The van der Waals surface area contributed by atoms with Crippen LogP contribution in [0, 0.1) is 0 Å². The minimum absolute atomic E-state index is 0.0227. The predicted molar refractivity (Wildman–Crippen MR) is 68.0 cm³/mol. The highest BCUT2D eigenvalue weighted by Gasteiger charge is 2.03. The molecule has 0 spiro atoms. The van der Waals surface area contributed by atoms with E-state index in [9.17, 15) is 4.79 Å². The Morgan fingerprint density at radius 3 is 2.56 bits per heavy atom. The zero-order valence-corrected chi connectivity index (χ0v) is 10.3. The van der Waals surface area contributed by atoms with Gasteiger partial charge in [-0.25, -0.2) is 0 Å². The van der Waals surface area contributed by atoms with Gasteiger partial charge in [-0.3, -0.25) is 4.79 Å².